The summed E-state index contributed by atoms with van der Waals surface area (Å²) in [6.07, 6.45) is -0.624. The van der Waals surface area contributed by atoms with Gasteiger partial charge >= 0.3 is 0 Å². The van der Waals surface area contributed by atoms with Gasteiger partial charge in [0.25, 0.3) is 11.1 Å². The fourth-order valence-corrected chi connectivity index (χ4v) is 4.66. The first-order valence-corrected chi connectivity index (χ1v) is 11.9. The van der Waals surface area contributed by atoms with Gasteiger partial charge in [0, 0.05) is 21.8 Å². The van der Waals surface area contributed by atoms with Gasteiger partial charge in [-0.05, 0) is 50.4 Å². The number of halogens is 1. The van der Waals surface area contributed by atoms with Gasteiger partial charge in [-0.25, -0.2) is 4.39 Å². The lowest BCUT2D eigenvalue weighted by molar-refractivity contribution is 0.102. The predicted octanol–water partition coefficient (Wildman–Crippen LogP) is 5.85. The summed E-state index contributed by atoms with van der Waals surface area (Å²) in [5, 5.41) is 10.3. The summed E-state index contributed by atoms with van der Waals surface area (Å²) in [6.45, 7) is 6.42. The van der Waals surface area contributed by atoms with E-state index in [9.17, 15) is 9.18 Å². The number of benzene rings is 1. The lowest BCUT2D eigenvalue weighted by Crippen LogP contribution is -2.07. The standard InChI is InChI=1S/C23H22FN3O3S2/c1-14-11-18(15(2)27(14)12-17-7-6-10-31-17)20(28)13-32-23-26-25-22(30-23)16(3)29-21-9-5-4-8-19(21)24/h4-11,16H,12-13H2,1-3H3/t16-/m1/s1. The van der Waals surface area contributed by atoms with Gasteiger partial charge in [-0.3, -0.25) is 4.79 Å². The molecule has 0 spiro atoms. The molecule has 0 bridgehead atoms. The van der Waals surface area contributed by atoms with E-state index in [1.807, 2.05) is 31.4 Å². The smallest absolute Gasteiger partial charge is 0.277 e. The number of ether oxygens (including phenoxy) is 1. The van der Waals surface area contributed by atoms with E-state index in [1.54, 1.807) is 30.4 Å². The molecule has 6 nitrogen and oxygen atoms in total. The summed E-state index contributed by atoms with van der Waals surface area (Å²) in [7, 11) is 0. The molecule has 9 heteroatoms. The molecule has 1 aromatic carbocycles. The van der Waals surface area contributed by atoms with E-state index in [2.05, 4.69) is 20.8 Å². The number of rotatable bonds is 9. The average Bonchev–Trinajstić information content (AvgIpc) is 3.52. The van der Waals surface area contributed by atoms with Crippen LogP contribution in [0.4, 0.5) is 4.39 Å². The molecule has 0 N–H and O–H groups in total. The van der Waals surface area contributed by atoms with Crippen LogP contribution in [0.5, 0.6) is 5.75 Å². The van der Waals surface area contributed by atoms with Crippen LogP contribution in [0.1, 0.15) is 45.5 Å². The van der Waals surface area contributed by atoms with Crippen molar-refractivity contribution in [1.82, 2.24) is 14.8 Å². The van der Waals surface area contributed by atoms with Gasteiger partial charge in [0.15, 0.2) is 23.5 Å². The van der Waals surface area contributed by atoms with Crippen LogP contribution in [0, 0.1) is 19.7 Å². The van der Waals surface area contributed by atoms with Crippen molar-refractivity contribution >= 4 is 28.9 Å². The SMILES string of the molecule is Cc1cc(C(=O)CSc2nnc([C@@H](C)Oc3ccccc3F)o2)c(C)n1Cc1cccs1. The van der Waals surface area contributed by atoms with Crippen LogP contribution in [0.15, 0.2) is 57.5 Å². The van der Waals surface area contributed by atoms with Crippen LogP contribution in [0.3, 0.4) is 0 Å². The minimum atomic E-state index is -0.624. The lowest BCUT2D eigenvalue weighted by Gasteiger charge is -2.11. The largest absolute Gasteiger partial charge is 0.478 e. The number of hydrogen-bond acceptors (Lipinski definition) is 7. The highest BCUT2D eigenvalue weighted by molar-refractivity contribution is 7.99. The van der Waals surface area contributed by atoms with Gasteiger partial charge in [-0.2, -0.15) is 0 Å². The molecule has 0 radical (unpaired) electrons. The number of carbonyl (C=O) groups is 1. The first-order valence-electron chi connectivity index (χ1n) is 10.0. The third-order valence-corrected chi connectivity index (χ3v) is 6.68. The van der Waals surface area contributed by atoms with Crippen LogP contribution in [-0.4, -0.2) is 26.3 Å². The van der Waals surface area contributed by atoms with E-state index in [1.165, 1.54) is 28.8 Å². The second-order valence-corrected chi connectivity index (χ2v) is 9.22. The van der Waals surface area contributed by atoms with Crippen molar-refractivity contribution in [3.8, 4) is 5.75 Å². The Morgan fingerprint density at radius 1 is 1.25 bits per heavy atom. The summed E-state index contributed by atoms with van der Waals surface area (Å²) in [6, 6.07) is 12.2. The van der Waals surface area contributed by atoms with E-state index in [4.69, 9.17) is 9.15 Å². The molecular formula is C23H22FN3O3S2. The van der Waals surface area contributed by atoms with E-state index in [-0.39, 0.29) is 28.4 Å². The maximum absolute atomic E-state index is 13.8. The zero-order valence-electron chi connectivity index (χ0n) is 17.9. The summed E-state index contributed by atoms with van der Waals surface area (Å²) < 4.78 is 27.1. The number of carbonyl (C=O) groups excluding carboxylic acids is 1. The number of thiophene rings is 1. The third-order valence-electron chi connectivity index (χ3n) is 5.01. The second kappa shape index (κ2) is 9.70. The van der Waals surface area contributed by atoms with Gasteiger partial charge < -0.3 is 13.7 Å². The van der Waals surface area contributed by atoms with Crippen molar-refractivity contribution in [2.24, 2.45) is 0 Å². The highest BCUT2D eigenvalue weighted by Gasteiger charge is 2.20. The van der Waals surface area contributed by atoms with Crippen LogP contribution < -0.4 is 4.74 Å². The number of aryl methyl sites for hydroxylation is 1. The van der Waals surface area contributed by atoms with Gasteiger partial charge in [-0.15, -0.1) is 21.5 Å². The fourth-order valence-electron chi connectivity index (χ4n) is 3.31. The minimum absolute atomic E-state index is 0.00376. The molecule has 0 saturated carbocycles. The molecule has 0 amide bonds. The maximum Gasteiger partial charge on any atom is 0.277 e. The number of ketones is 1. The number of nitrogens with zero attached hydrogens (tertiary/aromatic N) is 3. The Morgan fingerprint density at radius 3 is 2.81 bits per heavy atom. The third kappa shape index (κ3) is 4.94. The Bertz CT molecular complexity index is 1220. The Balaban J connectivity index is 1.38. The van der Waals surface area contributed by atoms with Crippen molar-refractivity contribution in [3.05, 3.63) is 81.4 Å². The van der Waals surface area contributed by atoms with Gasteiger partial charge in [0.1, 0.15) is 0 Å². The first kappa shape index (κ1) is 22.3. The molecule has 0 aliphatic rings. The monoisotopic (exact) mass is 471 g/mol. The Morgan fingerprint density at radius 2 is 2.06 bits per heavy atom. The molecule has 0 fully saturated rings. The molecule has 166 valence electrons. The summed E-state index contributed by atoms with van der Waals surface area (Å²) >= 11 is 2.87. The molecule has 0 unspecified atom stereocenters. The van der Waals surface area contributed by atoms with E-state index in [0.29, 0.717) is 5.56 Å². The summed E-state index contributed by atoms with van der Waals surface area (Å²) in [4.78, 5) is 14.1. The quantitative estimate of drug-likeness (QED) is 0.225. The lowest BCUT2D eigenvalue weighted by atomic mass is 10.2. The van der Waals surface area contributed by atoms with Gasteiger partial charge in [0.05, 0.1) is 12.3 Å². The van der Waals surface area contributed by atoms with Crippen molar-refractivity contribution in [1.29, 1.82) is 0 Å². The maximum atomic E-state index is 13.8. The summed E-state index contributed by atoms with van der Waals surface area (Å²) in [5.74, 6) is 0.0394. The molecule has 3 heterocycles. The fraction of sp³-hybridized carbons (Fsp3) is 0.261. The molecule has 0 aliphatic carbocycles. The van der Waals surface area contributed by atoms with E-state index in [0.717, 1.165) is 17.9 Å². The predicted molar refractivity (Wildman–Crippen MR) is 122 cm³/mol. The summed E-state index contributed by atoms with van der Waals surface area (Å²) in [5.41, 5.74) is 2.69. The van der Waals surface area contributed by atoms with E-state index >= 15 is 0 Å². The Labute approximate surface area is 193 Å². The molecular weight excluding hydrogens is 449 g/mol. The second-order valence-electron chi connectivity index (χ2n) is 7.26. The van der Waals surface area contributed by atoms with Crippen LogP contribution in [0.2, 0.25) is 0 Å². The highest BCUT2D eigenvalue weighted by atomic mass is 32.2. The molecule has 1 atom stereocenters. The molecule has 32 heavy (non-hydrogen) atoms. The molecule has 4 rings (SSSR count). The Kier molecular flexibility index (Phi) is 6.76. The number of hydrogen-bond donors (Lipinski definition) is 0. The molecule has 0 saturated heterocycles. The van der Waals surface area contributed by atoms with Crippen molar-refractivity contribution in [2.75, 3.05) is 5.75 Å². The van der Waals surface area contributed by atoms with Crippen LogP contribution >= 0.6 is 23.1 Å². The molecule has 0 aliphatic heterocycles. The zero-order valence-corrected chi connectivity index (χ0v) is 19.5. The van der Waals surface area contributed by atoms with Crippen molar-refractivity contribution in [2.45, 2.75) is 38.6 Å². The normalized spacial score (nSPS) is 12.1. The van der Waals surface area contributed by atoms with Crippen LogP contribution in [0.25, 0.3) is 0 Å². The zero-order chi connectivity index (χ0) is 22.7. The molecule has 4 aromatic rings. The minimum Gasteiger partial charge on any atom is -0.478 e. The molecule has 3 aromatic heterocycles. The van der Waals surface area contributed by atoms with E-state index < -0.39 is 11.9 Å². The Hall–Kier alpha value is -2.91. The number of Topliss-reactive ketones (excluding diaryl/α,β-unsaturated/α-hetero) is 1. The number of aromatic nitrogens is 3. The van der Waals surface area contributed by atoms with Crippen molar-refractivity contribution in [3.63, 3.8) is 0 Å². The highest BCUT2D eigenvalue weighted by Crippen LogP contribution is 2.27. The van der Waals surface area contributed by atoms with Gasteiger partial charge in [0.2, 0.25) is 0 Å². The number of thioether (sulfide) groups is 1. The topological polar surface area (TPSA) is 70.2 Å². The number of para-hydroxylation sites is 1. The first-order chi connectivity index (χ1) is 15.4. The van der Waals surface area contributed by atoms with Crippen molar-refractivity contribution < 1.29 is 18.3 Å². The van der Waals surface area contributed by atoms with Crippen LogP contribution in [-0.2, 0) is 6.54 Å². The average molecular weight is 472 g/mol. The van der Waals surface area contributed by atoms with Gasteiger partial charge in [-0.1, -0.05) is 30.0 Å².